The summed E-state index contributed by atoms with van der Waals surface area (Å²) in [6, 6.07) is 6.31. The van der Waals surface area contributed by atoms with Crippen LogP contribution in [0, 0.1) is 23.6 Å². The fourth-order valence-electron chi connectivity index (χ4n) is 6.90. The Morgan fingerprint density at radius 3 is 2.32 bits per heavy atom. The van der Waals surface area contributed by atoms with Crippen LogP contribution in [0.4, 0.5) is 10.1 Å². The number of amides is 1. The van der Waals surface area contributed by atoms with Gasteiger partial charge in [0.2, 0.25) is 5.91 Å². The van der Waals surface area contributed by atoms with Crippen molar-refractivity contribution in [3.63, 3.8) is 0 Å². The molecule has 4 saturated carbocycles. The zero-order chi connectivity index (χ0) is 21.6. The standard InChI is InChI=1S/C25H34FN3OS/c1-3-4-9-28-23(29(17(2)30)22-7-5-21(26)6-8-22)16-31-24(28)27-25-13-18-10-19(14-25)12-20(11-18)15-25/h5-8,18-20,23H,3-4,9-16H2,1-2H3. The topological polar surface area (TPSA) is 35.9 Å². The third-order valence-corrected chi connectivity index (χ3v) is 8.85. The van der Waals surface area contributed by atoms with Crippen molar-refractivity contribution in [3.8, 4) is 0 Å². The monoisotopic (exact) mass is 443 g/mol. The first kappa shape index (κ1) is 21.3. The third kappa shape index (κ3) is 4.12. The van der Waals surface area contributed by atoms with E-state index >= 15 is 0 Å². The molecule has 0 N–H and O–H groups in total. The molecule has 1 aromatic rings. The molecule has 1 heterocycles. The molecule has 31 heavy (non-hydrogen) atoms. The van der Waals surface area contributed by atoms with E-state index in [9.17, 15) is 9.18 Å². The van der Waals surface area contributed by atoms with Crippen LogP contribution in [-0.2, 0) is 4.79 Å². The number of benzene rings is 1. The number of nitrogens with zero attached hydrogens (tertiary/aromatic N) is 3. The smallest absolute Gasteiger partial charge is 0.225 e. The first-order chi connectivity index (χ1) is 15.0. The van der Waals surface area contributed by atoms with E-state index in [0.717, 1.165) is 53.7 Å². The first-order valence-electron chi connectivity index (χ1n) is 12.0. The summed E-state index contributed by atoms with van der Waals surface area (Å²) in [6.07, 6.45) is 10.1. The van der Waals surface area contributed by atoms with Gasteiger partial charge in [-0.25, -0.2) is 4.39 Å². The van der Waals surface area contributed by atoms with Gasteiger partial charge in [0.1, 0.15) is 12.0 Å². The lowest BCUT2D eigenvalue weighted by Crippen LogP contribution is -2.52. The van der Waals surface area contributed by atoms with Crippen LogP contribution >= 0.6 is 11.8 Å². The van der Waals surface area contributed by atoms with Crippen LogP contribution in [0.3, 0.4) is 0 Å². The van der Waals surface area contributed by atoms with Gasteiger partial charge in [0.15, 0.2) is 5.17 Å². The number of carbonyl (C=O) groups excluding carboxylic acids is 1. The van der Waals surface area contributed by atoms with Crippen molar-refractivity contribution in [2.45, 2.75) is 76.9 Å². The number of hydrogen-bond acceptors (Lipinski definition) is 3. The highest BCUT2D eigenvalue weighted by Crippen LogP contribution is 2.57. The molecule has 4 nitrogen and oxygen atoms in total. The fourth-order valence-corrected chi connectivity index (χ4v) is 8.17. The van der Waals surface area contributed by atoms with Gasteiger partial charge >= 0.3 is 0 Å². The molecule has 1 unspecified atom stereocenters. The quantitative estimate of drug-likeness (QED) is 0.568. The van der Waals surface area contributed by atoms with Crippen LogP contribution in [-0.4, -0.2) is 40.0 Å². The molecule has 6 rings (SSSR count). The molecule has 0 radical (unpaired) electrons. The molecule has 168 valence electrons. The van der Waals surface area contributed by atoms with Gasteiger partial charge in [-0.05, 0) is 87.0 Å². The minimum absolute atomic E-state index is 0.00485. The Bertz CT molecular complexity index is 820. The Morgan fingerprint density at radius 2 is 1.77 bits per heavy atom. The molecule has 4 aliphatic carbocycles. The summed E-state index contributed by atoms with van der Waals surface area (Å²) < 4.78 is 13.5. The van der Waals surface area contributed by atoms with Gasteiger partial charge in [-0.2, -0.15) is 0 Å². The predicted octanol–water partition coefficient (Wildman–Crippen LogP) is 5.68. The molecule has 6 heteroatoms. The zero-order valence-corrected chi connectivity index (χ0v) is 19.5. The van der Waals surface area contributed by atoms with Gasteiger partial charge in [0, 0.05) is 24.9 Å². The van der Waals surface area contributed by atoms with Gasteiger partial charge in [0.05, 0.1) is 5.54 Å². The minimum atomic E-state index is -0.278. The first-order valence-corrected chi connectivity index (χ1v) is 13.0. The molecule has 1 amide bonds. The van der Waals surface area contributed by atoms with E-state index in [0.29, 0.717) is 0 Å². The average molecular weight is 444 g/mol. The number of unbranched alkanes of at least 4 members (excludes halogenated alkanes) is 1. The maximum atomic E-state index is 13.5. The number of hydrogen-bond donors (Lipinski definition) is 0. The molecule has 1 atom stereocenters. The molecule has 5 aliphatic rings. The largest absolute Gasteiger partial charge is 0.330 e. The van der Waals surface area contributed by atoms with E-state index < -0.39 is 0 Å². The second-order valence-electron chi connectivity index (χ2n) is 10.2. The Morgan fingerprint density at radius 1 is 1.16 bits per heavy atom. The highest BCUT2D eigenvalue weighted by atomic mass is 32.2. The van der Waals surface area contributed by atoms with Crippen LogP contribution in [0.5, 0.6) is 0 Å². The summed E-state index contributed by atoms with van der Waals surface area (Å²) in [5, 5.41) is 1.13. The molecule has 1 aromatic carbocycles. The number of anilines is 1. The average Bonchev–Trinajstić information content (AvgIpc) is 3.08. The molecular formula is C25H34FN3OS. The highest BCUT2D eigenvalue weighted by molar-refractivity contribution is 8.14. The van der Waals surface area contributed by atoms with E-state index in [1.165, 1.54) is 50.7 Å². The second-order valence-corrected chi connectivity index (χ2v) is 11.2. The fraction of sp³-hybridized carbons (Fsp3) is 0.680. The summed E-state index contributed by atoms with van der Waals surface area (Å²) in [6.45, 7) is 4.72. The molecular weight excluding hydrogens is 409 g/mol. The van der Waals surface area contributed by atoms with E-state index in [2.05, 4.69) is 11.8 Å². The lowest BCUT2D eigenvalue weighted by Gasteiger charge is -2.55. The van der Waals surface area contributed by atoms with Gasteiger partial charge in [-0.1, -0.05) is 25.1 Å². The van der Waals surface area contributed by atoms with Gasteiger partial charge in [-0.3, -0.25) is 14.7 Å². The van der Waals surface area contributed by atoms with Crippen LogP contribution < -0.4 is 4.90 Å². The number of rotatable bonds is 6. The Hall–Kier alpha value is -1.56. The third-order valence-electron chi connectivity index (χ3n) is 7.80. The van der Waals surface area contributed by atoms with Crippen LogP contribution in [0.25, 0.3) is 0 Å². The van der Waals surface area contributed by atoms with Gasteiger partial charge in [-0.15, -0.1) is 0 Å². The number of aliphatic imine (C=N–C) groups is 1. The van der Waals surface area contributed by atoms with Crippen molar-refractivity contribution in [1.82, 2.24) is 4.90 Å². The van der Waals surface area contributed by atoms with Crippen molar-refractivity contribution in [2.24, 2.45) is 22.7 Å². The van der Waals surface area contributed by atoms with E-state index in [4.69, 9.17) is 4.99 Å². The van der Waals surface area contributed by atoms with E-state index in [1.54, 1.807) is 19.1 Å². The summed E-state index contributed by atoms with van der Waals surface area (Å²) in [5.74, 6) is 3.14. The number of thioether (sulfide) groups is 1. The lowest BCUT2D eigenvalue weighted by atomic mass is 9.53. The van der Waals surface area contributed by atoms with E-state index in [-0.39, 0.29) is 23.4 Å². The maximum Gasteiger partial charge on any atom is 0.225 e. The second kappa shape index (κ2) is 8.42. The summed E-state index contributed by atoms with van der Waals surface area (Å²) in [5.41, 5.74) is 0.893. The number of carbonyl (C=O) groups is 1. The zero-order valence-electron chi connectivity index (χ0n) is 18.7. The number of amidine groups is 1. The summed E-state index contributed by atoms with van der Waals surface area (Å²) in [7, 11) is 0. The molecule has 1 saturated heterocycles. The highest BCUT2D eigenvalue weighted by Gasteiger charge is 2.52. The van der Waals surface area contributed by atoms with E-state index in [1.807, 2.05) is 16.7 Å². The Kier molecular flexibility index (Phi) is 5.78. The van der Waals surface area contributed by atoms with Crippen LogP contribution in [0.2, 0.25) is 0 Å². The molecule has 4 bridgehead atoms. The predicted molar refractivity (Wildman–Crippen MR) is 126 cm³/mol. The van der Waals surface area contributed by atoms with Crippen molar-refractivity contribution in [2.75, 3.05) is 17.2 Å². The SMILES string of the molecule is CCCCN1C(=NC23CC4CC(CC(C4)C2)C3)SCC1N(C(C)=O)c1ccc(F)cc1. The Balaban J connectivity index is 1.45. The van der Waals surface area contributed by atoms with Crippen molar-refractivity contribution >= 4 is 28.5 Å². The Labute approximate surface area is 189 Å². The molecule has 5 fully saturated rings. The minimum Gasteiger partial charge on any atom is -0.330 e. The van der Waals surface area contributed by atoms with Crippen molar-refractivity contribution in [1.29, 1.82) is 0 Å². The maximum absolute atomic E-state index is 13.5. The summed E-state index contributed by atoms with van der Waals surface area (Å²) in [4.78, 5) is 22.4. The molecule has 0 aromatic heterocycles. The molecule has 1 aliphatic heterocycles. The van der Waals surface area contributed by atoms with Gasteiger partial charge < -0.3 is 4.90 Å². The van der Waals surface area contributed by atoms with Crippen LogP contribution in [0.15, 0.2) is 29.3 Å². The molecule has 0 spiro atoms. The lowest BCUT2D eigenvalue weighted by molar-refractivity contribution is -0.117. The van der Waals surface area contributed by atoms with Crippen LogP contribution in [0.1, 0.15) is 65.2 Å². The van der Waals surface area contributed by atoms with Crippen molar-refractivity contribution < 1.29 is 9.18 Å². The number of halogens is 1. The van der Waals surface area contributed by atoms with Gasteiger partial charge in [0.25, 0.3) is 0 Å². The normalized spacial score (nSPS) is 35.2. The van der Waals surface area contributed by atoms with Crippen molar-refractivity contribution in [3.05, 3.63) is 30.1 Å². The summed E-state index contributed by atoms with van der Waals surface area (Å²) >= 11 is 1.81.